The van der Waals surface area contributed by atoms with Crippen LogP contribution in [-0.2, 0) is 20.0 Å². The van der Waals surface area contributed by atoms with Crippen molar-refractivity contribution in [3.63, 3.8) is 0 Å². The van der Waals surface area contributed by atoms with Crippen LogP contribution in [0.15, 0.2) is 0 Å². The molecule has 0 heterocycles. The van der Waals surface area contributed by atoms with E-state index in [4.69, 9.17) is 17.5 Å². The Bertz CT molecular complexity index is 403. The summed E-state index contributed by atoms with van der Waals surface area (Å²) in [5.74, 6) is 0. The van der Waals surface area contributed by atoms with Gasteiger partial charge in [-0.1, -0.05) is 104 Å². The Balaban J connectivity index is -0.000000416. The van der Waals surface area contributed by atoms with E-state index in [1.807, 2.05) is 12.6 Å². The standard InChI is InChI=1S/2C12H23O.H2O4S/c2*1-2-3-4-5-6-7-8-9-10-11-12-13;1-5(2,3)4/h2*2-11H2,1H3;(H2,1,2,3,4)/q2*+1;/p-2. The highest BCUT2D eigenvalue weighted by Gasteiger charge is 1.98. The Morgan fingerprint density at radius 1 is 0.484 bits per heavy atom. The number of hydrogen-bond donors (Lipinski definition) is 0. The predicted octanol–water partition coefficient (Wildman–Crippen LogP) is 6.70. The Morgan fingerprint density at radius 2 is 0.677 bits per heavy atom. The summed E-state index contributed by atoms with van der Waals surface area (Å²) in [6.07, 6.45) is 28.7. The molecule has 0 unspecified atom stereocenters. The Kier molecular flexibility index (Phi) is 34.9. The van der Waals surface area contributed by atoms with Crippen LogP contribution in [0, 0.1) is 0 Å². The lowest BCUT2D eigenvalue weighted by atomic mass is 10.1. The van der Waals surface area contributed by atoms with Crippen LogP contribution in [0.25, 0.3) is 0 Å². The fourth-order valence-electron chi connectivity index (χ4n) is 3.02. The van der Waals surface area contributed by atoms with E-state index in [-0.39, 0.29) is 0 Å². The quantitative estimate of drug-likeness (QED) is 0.0860. The molecule has 0 bridgehead atoms. The summed E-state index contributed by atoms with van der Waals surface area (Å²) in [7, 11) is -5.17. The molecule has 0 amide bonds. The first-order valence-corrected chi connectivity index (χ1v) is 13.5. The van der Waals surface area contributed by atoms with Crippen molar-refractivity contribution in [2.75, 3.05) is 0 Å². The molecule has 0 saturated heterocycles. The van der Waals surface area contributed by atoms with Gasteiger partial charge in [0.2, 0.25) is 12.8 Å². The molecule has 0 aromatic rings. The summed E-state index contributed by atoms with van der Waals surface area (Å²) in [5.41, 5.74) is 0. The Morgan fingerprint density at radius 3 is 0.871 bits per heavy atom. The van der Waals surface area contributed by atoms with E-state index in [1.165, 1.54) is 103 Å². The number of unbranched alkanes of at least 4 members (excludes halogenated alkanes) is 18. The van der Waals surface area contributed by atoms with Gasteiger partial charge in [0.25, 0.3) is 0 Å². The van der Waals surface area contributed by atoms with Crippen molar-refractivity contribution >= 4 is 23.0 Å². The highest BCUT2D eigenvalue weighted by Crippen LogP contribution is 2.10. The van der Waals surface area contributed by atoms with Crippen molar-refractivity contribution < 1.29 is 27.1 Å². The monoisotopic (exact) mass is 462 g/mol. The zero-order chi connectivity index (χ0) is 24.1. The van der Waals surface area contributed by atoms with Crippen LogP contribution in [0.1, 0.15) is 142 Å². The molecule has 0 rings (SSSR count). The van der Waals surface area contributed by atoms with E-state index >= 15 is 0 Å². The van der Waals surface area contributed by atoms with Gasteiger partial charge in [0, 0.05) is 32.8 Å². The molecular weight excluding hydrogens is 416 g/mol. The first kappa shape index (κ1) is 34.6. The van der Waals surface area contributed by atoms with Gasteiger partial charge in [0.05, 0.1) is 0 Å². The third-order valence-corrected chi connectivity index (χ3v) is 4.76. The molecule has 0 spiro atoms. The molecule has 0 aliphatic carbocycles. The number of carbonyl (C=O) groups excluding carboxylic acids is 2. The lowest BCUT2D eigenvalue weighted by Gasteiger charge is -2.06. The summed E-state index contributed by atoms with van der Waals surface area (Å²) in [6, 6.07) is 0. The van der Waals surface area contributed by atoms with Gasteiger partial charge in [-0.3, -0.25) is 8.42 Å². The van der Waals surface area contributed by atoms with Gasteiger partial charge in [-0.05, 0) is 12.8 Å². The van der Waals surface area contributed by atoms with Crippen molar-refractivity contribution in [3.8, 4) is 0 Å². The zero-order valence-corrected chi connectivity index (χ0v) is 20.8. The molecular formula is C24H46O6S. The van der Waals surface area contributed by atoms with Gasteiger partial charge in [-0.2, -0.15) is 0 Å². The molecule has 0 fully saturated rings. The topological polar surface area (TPSA) is 114 Å². The maximum atomic E-state index is 9.89. The van der Waals surface area contributed by atoms with Gasteiger partial charge < -0.3 is 9.11 Å². The molecule has 0 aromatic carbocycles. The van der Waals surface area contributed by atoms with Crippen molar-refractivity contribution in [1.29, 1.82) is 0 Å². The van der Waals surface area contributed by atoms with E-state index in [2.05, 4.69) is 13.8 Å². The molecule has 184 valence electrons. The second-order valence-electron chi connectivity index (χ2n) is 7.85. The van der Waals surface area contributed by atoms with Crippen LogP contribution in [-0.4, -0.2) is 30.1 Å². The van der Waals surface area contributed by atoms with Crippen LogP contribution >= 0.6 is 0 Å². The summed E-state index contributed by atoms with van der Waals surface area (Å²) in [4.78, 5) is 19.8. The van der Waals surface area contributed by atoms with Crippen LogP contribution in [0.4, 0.5) is 0 Å². The minimum Gasteiger partial charge on any atom is -0.759 e. The van der Waals surface area contributed by atoms with E-state index in [9.17, 15) is 9.59 Å². The second-order valence-corrected chi connectivity index (χ2v) is 8.67. The zero-order valence-electron chi connectivity index (χ0n) is 20.0. The third kappa shape index (κ3) is 58.6. The molecule has 0 radical (unpaired) electrons. The molecule has 0 aromatic heterocycles. The van der Waals surface area contributed by atoms with E-state index in [0.29, 0.717) is 12.8 Å². The average Bonchev–Trinajstić information content (AvgIpc) is 2.71. The molecule has 0 atom stereocenters. The van der Waals surface area contributed by atoms with E-state index in [1.54, 1.807) is 0 Å². The van der Waals surface area contributed by atoms with Crippen LogP contribution < -0.4 is 0 Å². The molecule has 0 aliphatic rings. The Labute approximate surface area is 192 Å². The normalized spacial score (nSPS) is 10.2. The van der Waals surface area contributed by atoms with Gasteiger partial charge >= 0.3 is 12.6 Å². The second kappa shape index (κ2) is 31.2. The lowest BCUT2D eigenvalue weighted by molar-refractivity contribution is 0.352. The number of hydrogen-bond acceptors (Lipinski definition) is 6. The van der Waals surface area contributed by atoms with Crippen molar-refractivity contribution in [2.45, 2.75) is 142 Å². The largest absolute Gasteiger partial charge is 0.759 e. The maximum absolute atomic E-state index is 9.89. The fourth-order valence-corrected chi connectivity index (χ4v) is 3.02. The minimum absolute atomic E-state index is 0.635. The third-order valence-electron chi connectivity index (χ3n) is 4.76. The minimum atomic E-state index is -5.17. The van der Waals surface area contributed by atoms with Crippen molar-refractivity contribution in [3.05, 3.63) is 0 Å². The first-order chi connectivity index (χ1) is 14.8. The Hall–Kier alpha value is -0.970. The molecule has 0 N–H and O–H groups in total. The summed E-state index contributed by atoms with van der Waals surface area (Å²) >= 11 is 0. The summed E-state index contributed by atoms with van der Waals surface area (Å²) in [5, 5.41) is 0. The van der Waals surface area contributed by atoms with Crippen molar-refractivity contribution in [1.82, 2.24) is 0 Å². The molecule has 31 heavy (non-hydrogen) atoms. The smallest absolute Gasteiger partial charge is 0.506 e. The first-order valence-electron chi connectivity index (χ1n) is 12.2. The predicted molar refractivity (Wildman–Crippen MR) is 126 cm³/mol. The van der Waals surface area contributed by atoms with E-state index < -0.39 is 10.4 Å². The van der Waals surface area contributed by atoms with E-state index in [0.717, 1.165) is 12.8 Å². The molecule has 7 heteroatoms. The maximum Gasteiger partial charge on any atom is 0.506 e. The highest BCUT2D eigenvalue weighted by atomic mass is 32.3. The lowest BCUT2D eigenvalue weighted by Crippen LogP contribution is -1.91. The van der Waals surface area contributed by atoms with Gasteiger partial charge in [0.15, 0.2) is 0 Å². The summed E-state index contributed by atoms with van der Waals surface area (Å²) in [6.45, 7) is 4.49. The van der Waals surface area contributed by atoms with Gasteiger partial charge in [0.1, 0.15) is 0 Å². The molecule has 0 aliphatic heterocycles. The molecule has 0 saturated carbocycles. The van der Waals surface area contributed by atoms with Crippen LogP contribution in [0.5, 0.6) is 0 Å². The number of rotatable bonds is 20. The fraction of sp³-hybridized carbons (Fsp3) is 0.917. The summed E-state index contributed by atoms with van der Waals surface area (Å²) < 4.78 is 34.1. The average molecular weight is 463 g/mol. The molecule has 6 nitrogen and oxygen atoms in total. The van der Waals surface area contributed by atoms with Gasteiger partial charge in [-0.25, -0.2) is 0 Å². The SMILES string of the molecule is CCCCCCCCCCC[C+]=O.CCCCCCCCCCC[C+]=O.O=S(=O)([O-])[O-]. The van der Waals surface area contributed by atoms with Crippen LogP contribution in [0.2, 0.25) is 0 Å². The van der Waals surface area contributed by atoms with Crippen molar-refractivity contribution in [2.24, 2.45) is 0 Å². The van der Waals surface area contributed by atoms with Gasteiger partial charge in [-0.15, -0.1) is 0 Å². The highest BCUT2D eigenvalue weighted by molar-refractivity contribution is 7.79. The van der Waals surface area contributed by atoms with Crippen LogP contribution in [0.3, 0.4) is 0 Å².